The molecule has 12 heavy (non-hydrogen) atoms. The van der Waals surface area contributed by atoms with Gasteiger partial charge in [0.15, 0.2) is 0 Å². The van der Waals surface area contributed by atoms with Crippen LogP contribution in [0.4, 0.5) is 0 Å². The van der Waals surface area contributed by atoms with Crippen LogP contribution in [0.15, 0.2) is 12.1 Å². The van der Waals surface area contributed by atoms with Gasteiger partial charge in [0.1, 0.15) is 11.5 Å². The standard InChI is InChI=1S/C9H12O3/c1-5-3-7(11)4-8(12)9(5)6(2)10/h3-4,6,10-12H,1-2H3. The normalized spacial score (nSPS) is 12.9. The van der Waals surface area contributed by atoms with Crippen LogP contribution >= 0.6 is 0 Å². The number of hydrogen-bond acceptors (Lipinski definition) is 3. The van der Waals surface area contributed by atoms with Crippen LogP contribution in [0.3, 0.4) is 0 Å². The van der Waals surface area contributed by atoms with Crippen molar-refractivity contribution in [1.82, 2.24) is 0 Å². The molecular weight excluding hydrogens is 156 g/mol. The molecule has 0 saturated carbocycles. The van der Waals surface area contributed by atoms with E-state index in [0.717, 1.165) is 0 Å². The van der Waals surface area contributed by atoms with Gasteiger partial charge >= 0.3 is 0 Å². The summed E-state index contributed by atoms with van der Waals surface area (Å²) in [5.74, 6) is -0.0584. The van der Waals surface area contributed by atoms with Crippen LogP contribution in [0, 0.1) is 6.92 Å². The van der Waals surface area contributed by atoms with Crippen molar-refractivity contribution >= 4 is 0 Å². The lowest BCUT2D eigenvalue weighted by molar-refractivity contribution is 0.194. The number of hydrogen-bond donors (Lipinski definition) is 3. The van der Waals surface area contributed by atoms with Gasteiger partial charge in [-0.25, -0.2) is 0 Å². The van der Waals surface area contributed by atoms with Crippen molar-refractivity contribution in [3.8, 4) is 11.5 Å². The van der Waals surface area contributed by atoms with Gasteiger partial charge in [-0.3, -0.25) is 0 Å². The average Bonchev–Trinajstić information content (AvgIpc) is 1.82. The highest BCUT2D eigenvalue weighted by Gasteiger charge is 2.11. The minimum absolute atomic E-state index is 0.00870. The number of aryl methyl sites for hydroxylation is 1. The van der Waals surface area contributed by atoms with E-state index in [1.165, 1.54) is 12.1 Å². The zero-order valence-electron chi connectivity index (χ0n) is 7.07. The molecule has 0 aliphatic carbocycles. The van der Waals surface area contributed by atoms with Crippen molar-refractivity contribution < 1.29 is 15.3 Å². The van der Waals surface area contributed by atoms with Crippen LogP contribution in [0.2, 0.25) is 0 Å². The van der Waals surface area contributed by atoms with E-state index in [-0.39, 0.29) is 11.5 Å². The van der Waals surface area contributed by atoms with Gasteiger partial charge in [0.2, 0.25) is 0 Å². The van der Waals surface area contributed by atoms with E-state index in [2.05, 4.69) is 0 Å². The summed E-state index contributed by atoms with van der Waals surface area (Å²) in [6, 6.07) is 2.72. The zero-order chi connectivity index (χ0) is 9.30. The summed E-state index contributed by atoms with van der Waals surface area (Å²) in [6.45, 7) is 3.29. The molecule has 0 aliphatic rings. The fourth-order valence-corrected chi connectivity index (χ4v) is 1.30. The minimum atomic E-state index is -0.717. The lowest BCUT2D eigenvalue weighted by atomic mass is 10.0. The largest absolute Gasteiger partial charge is 0.508 e. The molecule has 1 unspecified atom stereocenters. The molecule has 1 rings (SSSR count). The Morgan fingerprint density at radius 1 is 1.25 bits per heavy atom. The molecule has 0 fully saturated rings. The van der Waals surface area contributed by atoms with E-state index in [1.54, 1.807) is 13.8 Å². The molecule has 0 radical (unpaired) electrons. The van der Waals surface area contributed by atoms with E-state index in [9.17, 15) is 10.2 Å². The number of aliphatic hydroxyl groups is 1. The number of benzene rings is 1. The maximum Gasteiger partial charge on any atom is 0.125 e. The first-order valence-electron chi connectivity index (χ1n) is 3.73. The summed E-state index contributed by atoms with van der Waals surface area (Å²) in [6.07, 6.45) is -0.717. The predicted molar refractivity (Wildman–Crippen MR) is 45.1 cm³/mol. The van der Waals surface area contributed by atoms with Gasteiger partial charge in [-0.05, 0) is 25.5 Å². The van der Waals surface area contributed by atoms with E-state index in [0.29, 0.717) is 11.1 Å². The lowest BCUT2D eigenvalue weighted by Crippen LogP contribution is -1.95. The highest BCUT2D eigenvalue weighted by Crippen LogP contribution is 2.31. The van der Waals surface area contributed by atoms with Crippen LogP contribution in [-0.2, 0) is 0 Å². The molecule has 1 aromatic carbocycles. The van der Waals surface area contributed by atoms with Crippen LogP contribution in [0.25, 0.3) is 0 Å². The molecule has 0 aliphatic heterocycles. The molecule has 3 heteroatoms. The maximum atomic E-state index is 9.32. The van der Waals surface area contributed by atoms with Gasteiger partial charge in [-0.15, -0.1) is 0 Å². The summed E-state index contributed by atoms with van der Waals surface area (Å²) < 4.78 is 0. The Balaban J connectivity index is 3.28. The second-order valence-corrected chi connectivity index (χ2v) is 2.87. The van der Waals surface area contributed by atoms with Crippen LogP contribution in [-0.4, -0.2) is 15.3 Å². The third kappa shape index (κ3) is 1.51. The first kappa shape index (κ1) is 8.87. The molecule has 1 atom stereocenters. The third-order valence-electron chi connectivity index (χ3n) is 1.77. The topological polar surface area (TPSA) is 60.7 Å². The molecule has 1 aromatic rings. The van der Waals surface area contributed by atoms with Crippen molar-refractivity contribution in [3.05, 3.63) is 23.3 Å². The Hall–Kier alpha value is -1.22. The van der Waals surface area contributed by atoms with Crippen LogP contribution < -0.4 is 0 Å². The molecule has 3 nitrogen and oxygen atoms in total. The third-order valence-corrected chi connectivity index (χ3v) is 1.77. The molecule has 0 spiro atoms. The average molecular weight is 168 g/mol. The van der Waals surface area contributed by atoms with Crippen LogP contribution in [0.5, 0.6) is 11.5 Å². The fraction of sp³-hybridized carbons (Fsp3) is 0.333. The summed E-state index contributed by atoms with van der Waals surface area (Å²) in [4.78, 5) is 0. The Morgan fingerprint density at radius 3 is 2.25 bits per heavy atom. The van der Waals surface area contributed by atoms with Gasteiger partial charge in [0.05, 0.1) is 6.10 Å². The van der Waals surface area contributed by atoms with Gasteiger partial charge in [-0.2, -0.15) is 0 Å². The Labute approximate surface area is 70.9 Å². The second-order valence-electron chi connectivity index (χ2n) is 2.87. The van der Waals surface area contributed by atoms with E-state index in [1.807, 2.05) is 0 Å². The number of aromatic hydroxyl groups is 2. The Kier molecular flexibility index (Phi) is 2.24. The SMILES string of the molecule is Cc1cc(O)cc(O)c1C(C)O. The monoisotopic (exact) mass is 168 g/mol. The first-order chi connectivity index (χ1) is 5.52. The summed E-state index contributed by atoms with van der Waals surface area (Å²) in [7, 11) is 0. The Morgan fingerprint density at radius 2 is 1.83 bits per heavy atom. The van der Waals surface area contributed by atoms with Crippen molar-refractivity contribution in [2.75, 3.05) is 0 Å². The molecule has 0 saturated heterocycles. The molecule has 0 heterocycles. The molecule has 0 amide bonds. The number of rotatable bonds is 1. The second kappa shape index (κ2) is 3.03. The highest BCUT2D eigenvalue weighted by molar-refractivity contribution is 5.45. The lowest BCUT2D eigenvalue weighted by Gasteiger charge is -2.11. The first-order valence-corrected chi connectivity index (χ1v) is 3.73. The fourth-order valence-electron chi connectivity index (χ4n) is 1.30. The minimum Gasteiger partial charge on any atom is -0.508 e. The van der Waals surface area contributed by atoms with Crippen molar-refractivity contribution in [3.63, 3.8) is 0 Å². The van der Waals surface area contributed by atoms with E-state index < -0.39 is 6.10 Å². The smallest absolute Gasteiger partial charge is 0.125 e. The van der Waals surface area contributed by atoms with Crippen molar-refractivity contribution in [2.45, 2.75) is 20.0 Å². The van der Waals surface area contributed by atoms with E-state index >= 15 is 0 Å². The van der Waals surface area contributed by atoms with Crippen LogP contribution in [0.1, 0.15) is 24.2 Å². The van der Waals surface area contributed by atoms with Crippen molar-refractivity contribution in [1.29, 1.82) is 0 Å². The Bertz CT molecular complexity index is 269. The van der Waals surface area contributed by atoms with Gasteiger partial charge in [0, 0.05) is 11.6 Å². The maximum absolute atomic E-state index is 9.32. The van der Waals surface area contributed by atoms with Gasteiger partial charge < -0.3 is 15.3 Å². The van der Waals surface area contributed by atoms with E-state index in [4.69, 9.17) is 5.11 Å². The summed E-state index contributed by atoms with van der Waals surface area (Å²) in [5.41, 5.74) is 1.15. The molecule has 0 bridgehead atoms. The quantitative estimate of drug-likeness (QED) is 0.595. The summed E-state index contributed by atoms with van der Waals surface area (Å²) in [5, 5.41) is 27.6. The highest BCUT2D eigenvalue weighted by atomic mass is 16.3. The molecular formula is C9H12O3. The number of phenolic OH excluding ortho intramolecular Hbond substituents is 2. The van der Waals surface area contributed by atoms with Gasteiger partial charge in [0.25, 0.3) is 0 Å². The number of aliphatic hydroxyl groups excluding tert-OH is 1. The summed E-state index contributed by atoms with van der Waals surface area (Å²) >= 11 is 0. The molecule has 3 N–H and O–H groups in total. The zero-order valence-corrected chi connectivity index (χ0v) is 7.07. The van der Waals surface area contributed by atoms with Crippen molar-refractivity contribution in [2.24, 2.45) is 0 Å². The predicted octanol–water partition coefficient (Wildman–Crippen LogP) is 1.46. The van der Waals surface area contributed by atoms with Gasteiger partial charge in [-0.1, -0.05) is 0 Å². The molecule has 0 aromatic heterocycles. The molecule has 66 valence electrons. The number of phenols is 2.